The SMILES string of the molecule is CCCc1nc(CN2CCN(C(C)c3nc(C)no3)CC2)cs1. The van der Waals surface area contributed by atoms with Gasteiger partial charge in [-0.05, 0) is 26.7 Å². The Morgan fingerprint density at radius 3 is 2.70 bits per heavy atom. The maximum atomic E-state index is 5.30. The largest absolute Gasteiger partial charge is 0.338 e. The van der Waals surface area contributed by atoms with E-state index in [-0.39, 0.29) is 6.04 Å². The maximum absolute atomic E-state index is 5.30. The van der Waals surface area contributed by atoms with Gasteiger partial charge in [-0.15, -0.1) is 11.3 Å². The molecule has 0 amide bonds. The molecule has 3 rings (SSSR count). The predicted octanol–water partition coefficient (Wildman–Crippen LogP) is 2.67. The zero-order valence-electron chi connectivity index (χ0n) is 14.2. The van der Waals surface area contributed by atoms with Gasteiger partial charge in [0.25, 0.3) is 0 Å². The topological polar surface area (TPSA) is 58.3 Å². The van der Waals surface area contributed by atoms with Gasteiger partial charge in [-0.25, -0.2) is 4.98 Å². The van der Waals surface area contributed by atoms with Crippen molar-refractivity contribution in [2.45, 2.75) is 46.2 Å². The average Bonchev–Trinajstić information content (AvgIpc) is 3.17. The third kappa shape index (κ3) is 4.16. The molecule has 1 aliphatic heterocycles. The highest BCUT2D eigenvalue weighted by atomic mass is 32.1. The fraction of sp³-hybridized carbons (Fsp3) is 0.688. The van der Waals surface area contributed by atoms with Gasteiger partial charge in [0.15, 0.2) is 5.82 Å². The van der Waals surface area contributed by atoms with Crippen molar-refractivity contribution in [3.05, 3.63) is 27.8 Å². The summed E-state index contributed by atoms with van der Waals surface area (Å²) in [6.45, 7) is 11.3. The number of nitrogens with zero attached hydrogens (tertiary/aromatic N) is 5. The van der Waals surface area contributed by atoms with Crippen LogP contribution in [0, 0.1) is 6.92 Å². The van der Waals surface area contributed by atoms with Crippen molar-refractivity contribution in [1.29, 1.82) is 0 Å². The second kappa shape index (κ2) is 7.51. The molecule has 0 saturated carbocycles. The number of hydrogen-bond acceptors (Lipinski definition) is 7. The first-order valence-electron chi connectivity index (χ1n) is 8.35. The zero-order valence-corrected chi connectivity index (χ0v) is 15.0. The molecule has 23 heavy (non-hydrogen) atoms. The Bertz CT molecular complexity index is 618. The van der Waals surface area contributed by atoms with Crippen LogP contribution in [0.1, 0.15) is 48.7 Å². The summed E-state index contributed by atoms with van der Waals surface area (Å²) in [7, 11) is 0. The van der Waals surface area contributed by atoms with Crippen molar-refractivity contribution in [1.82, 2.24) is 24.9 Å². The standard InChI is InChI=1S/C16H25N5OS/c1-4-5-15-18-14(11-23-15)10-20-6-8-21(9-7-20)12(2)16-17-13(3)19-22-16/h11-12H,4-10H2,1-3H3. The van der Waals surface area contributed by atoms with Crippen molar-refractivity contribution < 1.29 is 4.52 Å². The van der Waals surface area contributed by atoms with Crippen molar-refractivity contribution in [3.63, 3.8) is 0 Å². The molecule has 6 nitrogen and oxygen atoms in total. The average molecular weight is 335 g/mol. The van der Waals surface area contributed by atoms with Crippen LogP contribution < -0.4 is 0 Å². The van der Waals surface area contributed by atoms with Crippen molar-refractivity contribution in [2.24, 2.45) is 0 Å². The van der Waals surface area contributed by atoms with Crippen LogP contribution in [-0.2, 0) is 13.0 Å². The van der Waals surface area contributed by atoms with Gasteiger partial charge in [-0.2, -0.15) is 4.98 Å². The highest BCUT2D eigenvalue weighted by molar-refractivity contribution is 7.09. The Balaban J connectivity index is 1.49. The fourth-order valence-corrected chi connectivity index (χ4v) is 3.82. The number of rotatable bonds is 6. The van der Waals surface area contributed by atoms with E-state index in [9.17, 15) is 0 Å². The summed E-state index contributed by atoms with van der Waals surface area (Å²) in [5, 5.41) is 7.37. The minimum atomic E-state index is 0.189. The molecule has 3 heterocycles. The molecule has 1 fully saturated rings. The lowest BCUT2D eigenvalue weighted by molar-refractivity contribution is 0.0839. The summed E-state index contributed by atoms with van der Waals surface area (Å²) < 4.78 is 5.30. The number of piperazine rings is 1. The van der Waals surface area contributed by atoms with E-state index in [1.54, 1.807) is 11.3 Å². The number of aromatic nitrogens is 3. The van der Waals surface area contributed by atoms with E-state index in [0.29, 0.717) is 5.82 Å². The van der Waals surface area contributed by atoms with Gasteiger partial charge in [0.05, 0.1) is 16.7 Å². The molecule has 0 radical (unpaired) electrons. The van der Waals surface area contributed by atoms with Crippen LogP contribution in [-0.4, -0.2) is 51.1 Å². The van der Waals surface area contributed by atoms with Crippen LogP contribution in [0.2, 0.25) is 0 Å². The van der Waals surface area contributed by atoms with Crippen LogP contribution in [0.4, 0.5) is 0 Å². The third-order valence-electron chi connectivity index (χ3n) is 4.30. The Kier molecular flexibility index (Phi) is 5.40. The van der Waals surface area contributed by atoms with Crippen LogP contribution >= 0.6 is 11.3 Å². The van der Waals surface area contributed by atoms with Gasteiger partial charge in [-0.3, -0.25) is 9.80 Å². The molecule has 2 aromatic heterocycles. The Labute approximate surface area is 141 Å². The van der Waals surface area contributed by atoms with E-state index < -0.39 is 0 Å². The van der Waals surface area contributed by atoms with Crippen molar-refractivity contribution in [3.8, 4) is 0 Å². The molecule has 2 aromatic rings. The predicted molar refractivity (Wildman–Crippen MR) is 90.4 cm³/mol. The van der Waals surface area contributed by atoms with Crippen LogP contribution in [0.5, 0.6) is 0 Å². The first-order chi connectivity index (χ1) is 11.2. The molecule has 1 atom stereocenters. The summed E-state index contributed by atoms with van der Waals surface area (Å²) in [5.74, 6) is 1.43. The smallest absolute Gasteiger partial charge is 0.243 e. The Morgan fingerprint density at radius 1 is 1.26 bits per heavy atom. The van der Waals surface area contributed by atoms with Gasteiger partial charge >= 0.3 is 0 Å². The lowest BCUT2D eigenvalue weighted by Crippen LogP contribution is -2.46. The van der Waals surface area contributed by atoms with Gasteiger partial charge in [0.2, 0.25) is 5.89 Å². The minimum Gasteiger partial charge on any atom is -0.338 e. The molecule has 1 aliphatic rings. The number of hydrogen-bond donors (Lipinski definition) is 0. The second-order valence-corrected chi connectivity index (χ2v) is 7.09. The van der Waals surface area contributed by atoms with Gasteiger partial charge in [0.1, 0.15) is 0 Å². The highest BCUT2D eigenvalue weighted by Gasteiger charge is 2.25. The molecule has 0 N–H and O–H groups in total. The van der Waals surface area contributed by atoms with E-state index in [2.05, 4.69) is 39.2 Å². The van der Waals surface area contributed by atoms with E-state index in [0.717, 1.165) is 45.0 Å². The molecular weight excluding hydrogens is 310 g/mol. The molecule has 126 valence electrons. The lowest BCUT2D eigenvalue weighted by atomic mass is 10.2. The molecule has 7 heteroatoms. The Morgan fingerprint density at radius 2 is 2.04 bits per heavy atom. The van der Waals surface area contributed by atoms with Crippen LogP contribution in [0.25, 0.3) is 0 Å². The summed E-state index contributed by atoms with van der Waals surface area (Å²) in [4.78, 5) is 14.0. The number of aryl methyl sites for hydroxylation is 2. The second-order valence-electron chi connectivity index (χ2n) is 6.15. The quantitative estimate of drug-likeness (QED) is 0.809. The summed E-state index contributed by atoms with van der Waals surface area (Å²) >= 11 is 1.79. The van der Waals surface area contributed by atoms with Crippen LogP contribution in [0.15, 0.2) is 9.90 Å². The van der Waals surface area contributed by atoms with Crippen molar-refractivity contribution >= 4 is 11.3 Å². The first-order valence-corrected chi connectivity index (χ1v) is 9.23. The molecule has 0 aliphatic carbocycles. The first kappa shape index (κ1) is 16.5. The molecule has 0 aromatic carbocycles. The minimum absolute atomic E-state index is 0.189. The summed E-state index contributed by atoms with van der Waals surface area (Å²) in [6.07, 6.45) is 2.26. The maximum Gasteiger partial charge on any atom is 0.243 e. The normalized spacial score (nSPS) is 18.4. The number of thiazole rings is 1. The molecular formula is C16H25N5OS. The fourth-order valence-electron chi connectivity index (χ4n) is 2.93. The van der Waals surface area contributed by atoms with Gasteiger partial charge < -0.3 is 4.52 Å². The van der Waals surface area contributed by atoms with Crippen molar-refractivity contribution in [2.75, 3.05) is 26.2 Å². The molecule has 0 spiro atoms. The Hall–Kier alpha value is -1.31. The van der Waals surface area contributed by atoms with E-state index >= 15 is 0 Å². The molecule has 1 unspecified atom stereocenters. The van der Waals surface area contributed by atoms with Crippen LogP contribution in [0.3, 0.4) is 0 Å². The summed E-state index contributed by atoms with van der Waals surface area (Å²) in [6, 6.07) is 0.189. The van der Waals surface area contributed by atoms with E-state index in [1.165, 1.54) is 17.1 Å². The zero-order chi connectivity index (χ0) is 16.2. The third-order valence-corrected chi connectivity index (χ3v) is 5.26. The van der Waals surface area contributed by atoms with E-state index in [4.69, 9.17) is 9.51 Å². The van der Waals surface area contributed by atoms with Gasteiger partial charge in [-0.1, -0.05) is 12.1 Å². The van der Waals surface area contributed by atoms with Gasteiger partial charge in [0, 0.05) is 38.1 Å². The monoisotopic (exact) mass is 335 g/mol. The highest BCUT2D eigenvalue weighted by Crippen LogP contribution is 2.21. The lowest BCUT2D eigenvalue weighted by Gasteiger charge is -2.36. The molecule has 1 saturated heterocycles. The van der Waals surface area contributed by atoms with E-state index in [1.807, 2.05) is 6.92 Å². The molecule has 0 bridgehead atoms. The summed E-state index contributed by atoms with van der Waals surface area (Å²) in [5.41, 5.74) is 1.22.